The van der Waals surface area contributed by atoms with E-state index in [-0.39, 0.29) is 12.2 Å². The van der Waals surface area contributed by atoms with Crippen LogP contribution in [0.2, 0.25) is 0 Å². The molecule has 19 heavy (non-hydrogen) atoms. The number of ether oxygens (including phenoxy) is 1. The fraction of sp³-hybridized carbons (Fsp3) is 0.538. The van der Waals surface area contributed by atoms with Gasteiger partial charge in [-0.05, 0) is 37.1 Å². The minimum atomic E-state index is -3.36. The van der Waals surface area contributed by atoms with Crippen LogP contribution in [0.4, 0.5) is 0 Å². The fourth-order valence-electron chi connectivity index (χ4n) is 2.11. The molecular formula is C13H17BrO4S. The number of aryl methyl sites for hydroxylation is 2. The Kier molecular flexibility index (Phi) is 4.23. The van der Waals surface area contributed by atoms with Gasteiger partial charge >= 0.3 is 0 Å². The Morgan fingerprint density at radius 2 is 1.68 bits per heavy atom. The average Bonchev–Trinajstić information content (AvgIpc) is 2.21. The number of hydrogen-bond donors (Lipinski definition) is 0. The quantitative estimate of drug-likeness (QED) is 0.785. The van der Waals surface area contributed by atoms with Gasteiger partial charge in [-0.2, -0.15) is 8.42 Å². The first-order valence-electron chi connectivity index (χ1n) is 6.06. The molecule has 0 spiro atoms. The predicted molar refractivity (Wildman–Crippen MR) is 77.0 cm³/mol. The number of benzene rings is 1. The lowest BCUT2D eigenvalue weighted by molar-refractivity contribution is 0.00881. The van der Waals surface area contributed by atoms with Gasteiger partial charge in [-0.15, -0.1) is 0 Å². The SMILES string of the molecule is Cc1cc(OC2CC(OS(C)(=O)=O)C2)cc(C)c1Br. The lowest BCUT2D eigenvalue weighted by atomic mass is 9.92. The van der Waals surface area contributed by atoms with Crippen LogP contribution in [0, 0.1) is 13.8 Å². The third-order valence-corrected chi connectivity index (χ3v) is 4.95. The Labute approximate surface area is 122 Å². The van der Waals surface area contributed by atoms with E-state index in [0.717, 1.165) is 27.6 Å². The predicted octanol–water partition coefficient (Wildman–Crippen LogP) is 2.95. The van der Waals surface area contributed by atoms with Gasteiger partial charge in [0.15, 0.2) is 0 Å². The molecule has 1 aromatic rings. The largest absolute Gasteiger partial charge is 0.490 e. The van der Waals surface area contributed by atoms with Gasteiger partial charge in [0.05, 0.1) is 12.4 Å². The van der Waals surface area contributed by atoms with Gasteiger partial charge < -0.3 is 4.74 Å². The minimum absolute atomic E-state index is 0.0340. The normalized spacial score (nSPS) is 22.9. The zero-order valence-corrected chi connectivity index (χ0v) is 13.5. The van der Waals surface area contributed by atoms with Crippen LogP contribution >= 0.6 is 15.9 Å². The van der Waals surface area contributed by atoms with E-state index in [1.807, 2.05) is 26.0 Å². The lowest BCUT2D eigenvalue weighted by Crippen LogP contribution is -2.40. The summed E-state index contributed by atoms with van der Waals surface area (Å²) in [7, 11) is -3.36. The summed E-state index contributed by atoms with van der Waals surface area (Å²) in [4.78, 5) is 0. The summed E-state index contributed by atoms with van der Waals surface area (Å²) in [5, 5.41) is 0. The zero-order chi connectivity index (χ0) is 14.2. The van der Waals surface area contributed by atoms with Gasteiger partial charge in [-0.3, -0.25) is 4.18 Å². The molecular weight excluding hydrogens is 332 g/mol. The molecule has 106 valence electrons. The van der Waals surface area contributed by atoms with E-state index >= 15 is 0 Å². The molecule has 0 radical (unpaired) electrons. The Morgan fingerprint density at radius 3 is 2.16 bits per heavy atom. The van der Waals surface area contributed by atoms with Crippen LogP contribution in [0.3, 0.4) is 0 Å². The van der Waals surface area contributed by atoms with Crippen LogP contribution in [0.1, 0.15) is 24.0 Å². The van der Waals surface area contributed by atoms with Crippen molar-refractivity contribution in [1.82, 2.24) is 0 Å². The van der Waals surface area contributed by atoms with Crippen molar-refractivity contribution in [3.63, 3.8) is 0 Å². The number of rotatable bonds is 4. The third-order valence-electron chi connectivity index (χ3n) is 3.08. The Hall–Kier alpha value is -0.590. The molecule has 0 heterocycles. The molecule has 0 unspecified atom stereocenters. The molecule has 0 atom stereocenters. The van der Waals surface area contributed by atoms with E-state index in [0.29, 0.717) is 12.8 Å². The van der Waals surface area contributed by atoms with Gasteiger partial charge in [0.25, 0.3) is 10.1 Å². The molecule has 0 aliphatic heterocycles. The first-order chi connectivity index (χ1) is 8.74. The van der Waals surface area contributed by atoms with Gasteiger partial charge in [-0.1, -0.05) is 15.9 Å². The molecule has 0 N–H and O–H groups in total. The van der Waals surface area contributed by atoms with Crippen molar-refractivity contribution >= 4 is 26.0 Å². The minimum Gasteiger partial charge on any atom is -0.490 e. The molecule has 4 nitrogen and oxygen atoms in total. The van der Waals surface area contributed by atoms with E-state index in [1.54, 1.807) is 0 Å². The van der Waals surface area contributed by atoms with Crippen LogP contribution in [-0.2, 0) is 14.3 Å². The second kappa shape index (κ2) is 5.42. The molecule has 6 heteroatoms. The molecule has 1 aliphatic carbocycles. The van der Waals surface area contributed by atoms with Crippen molar-refractivity contribution in [2.24, 2.45) is 0 Å². The van der Waals surface area contributed by atoms with Crippen molar-refractivity contribution in [3.8, 4) is 5.75 Å². The Bertz CT molecular complexity index is 553. The van der Waals surface area contributed by atoms with E-state index in [4.69, 9.17) is 8.92 Å². The van der Waals surface area contributed by atoms with E-state index < -0.39 is 10.1 Å². The second-order valence-electron chi connectivity index (χ2n) is 5.00. The van der Waals surface area contributed by atoms with Crippen LogP contribution in [-0.4, -0.2) is 26.9 Å². The second-order valence-corrected chi connectivity index (χ2v) is 7.40. The summed E-state index contributed by atoms with van der Waals surface area (Å²) in [6.07, 6.45) is 2.09. The van der Waals surface area contributed by atoms with E-state index in [9.17, 15) is 8.42 Å². The van der Waals surface area contributed by atoms with Crippen LogP contribution in [0.5, 0.6) is 5.75 Å². The van der Waals surface area contributed by atoms with E-state index in [1.165, 1.54) is 0 Å². The molecule has 0 bridgehead atoms. The monoisotopic (exact) mass is 348 g/mol. The van der Waals surface area contributed by atoms with Crippen molar-refractivity contribution in [1.29, 1.82) is 0 Å². The van der Waals surface area contributed by atoms with Gasteiger partial charge in [0.2, 0.25) is 0 Å². The third kappa shape index (κ3) is 3.94. The summed E-state index contributed by atoms with van der Waals surface area (Å²) in [6, 6.07) is 3.95. The smallest absolute Gasteiger partial charge is 0.264 e. The molecule has 1 saturated carbocycles. The highest BCUT2D eigenvalue weighted by atomic mass is 79.9. The average molecular weight is 349 g/mol. The maximum atomic E-state index is 11.0. The van der Waals surface area contributed by atoms with Crippen LogP contribution in [0.15, 0.2) is 16.6 Å². The van der Waals surface area contributed by atoms with Gasteiger partial charge in [-0.25, -0.2) is 0 Å². The van der Waals surface area contributed by atoms with Crippen molar-refractivity contribution < 1.29 is 17.3 Å². The molecule has 0 amide bonds. The summed E-state index contributed by atoms with van der Waals surface area (Å²) in [6.45, 7) is 4.03. The Balaban J connectivity index is 1.91. The molecule has 2 rings (SSSR count). The first kappa shape index (κ1) is 14.8. The lowest BCUT2D eigenvalue weighted by Gasteiger charge is -2.34. The highest BCUT2D eigenvalue weighted by Crippen LogP contribution is 2.32. The summed E-state index contributed by atoms with van der Waals surface area (Å²) < 4.78 is 33.7. The summed E-state index contributed by atoms with van der Waals surface area (Å²) in [5.41, 5.74) is 2.25. The highest BCUT2D eigenvalue weighted by Gasteiger charge is 2.34. The van der Waals surface area contributed by atoms with Crippen molar-refractivity contribution in [3.05, 3.63) is 27.7 Å². The van der Waals surface area contributed by atoms with Crippen molar-refractivity contribution in [2.75, 3.05) is 6.26 Å². The topological polar surface area (TPSA) is 52.6 Å². The molecule has 1 aliphatic rings. The maximum absolute atomic E-state index is 11.0. The van der Waals surface area contributed by atoms with Gasteiger partial charge in [0, 0.05) is 17.3 Å². The first-order valence-corrected chi connectivity index (χ1v) is 8.67. The van der Waals surface area contributed by atoms with Crippen molar-refractivity contribution in [2.45, 2.75) is 38.9 Å². The maximum Gasteiger partial charge on any atom is 0.264 e. The highest BCUT2D eigenvalue weighted by molar-refractivity contribution is 9.10. The Morgan fingerprint density at radius 1 is 1.16 bits per heavy atom. The molecule has 1 fully saturated rings. The number of halogens is 1. The molecule has 0 saturated heterocycles. The summed E-state index contributed by atoms with van der Waals surface area (Å²) >= 11 is 3.51. The van der Waals surface area contributed by atoms with E-state index in [2.05, 4.69) is 15.9 Å². The molecule has 0 aromatic heterocycles. The number of hydrogen-bond acceptors (Lipinski definition) is 4. The summed E-state index contributed by atoms with van der Waals surface area (Å²) in [5.74, 6) is 0.820. The standard InChI is InChI=1S/C13H17BrO4S/c1-8-4-10(5-9(2)13(8)14)17-11-6-12(7-11)18-19(3,15)16/h4-5,11-12H,6-7H2,1-3H3. The zero-order valence-electron chi connectivity index (χ0n) is 11.1. The fourth-order valence-corrected chi connectivity index (χ4v) is 2.99. The van der Waals surface area contributed by atoms with Gasteiger partial charge in [0.1, 0.15) is 11.9 Å². The van der Waals surface area contributed by atoms with Crippen LogP contribution in [0.25, 0.3) is 0 Å². The molecule has 1 aromatic carbocycles. The van der Waals surface area contributed by atoms with Crippen LogP contribution < -0.4 is 4.74 Å².